The molecule has 0 aliphatic carbocycles. The highest BCUT2D eigenvalue weighted by Gasteiger charge is 2.23. The summed E-state index contributed by atoms with van der Waals surface area (Å²) in [5.74, 6) is -0.904. The molecular formula is C21H17Cl2NO3S. The van der Waals surface area contributed by atoms with Crippen LogP contribution in [0.3, 0.4) is 0 Å². The summed E-state index contributed by atoms with van der Waals surface area (Å²) in [6, 6.07) is 12.5. The molecule has 7 heteroatoms. The fraction of sp³-hybridized carbons (Fsp3) is 0.143. The Morgan fingerprint density at radius 2 is 1.79 bits per heavy atom. The first kappa shape index (κ1) is 20.4. The molecule has 0 spiro atoms. The molecule has 1 aromatic heterocycles. The number of esters is 1. The number of amides is 1. The summed E-state index contributed by atoms with van der Waals surface area (Å²) < 4.78 is 4.94. The summed E-state index contributed by atoms with van der Waals surface area (Å²) in [5.41, 5.74) is 3.46. The predicted molar refractivity (Wildman–Crippen MR) is 115 cm³/mol. The maximum Gasteiger partial charge on any atom is 0.341 e. The number of aryl methyl sites for hydroxylation is 1. The Kier molecular flexibility index (Phi) is 6.39. The SMILES string of the molecule is CCc1ccc(-c2csc(NC(=O)c3ccc(Cl)c(Cl)c3)c2C(=O)OC)cc1. The minimum atomic E-state index is -0.514. The Labute approximate surface area is 177 Å². The third-order valence-electron chi connectivity index (χ3n) is 4.26. The molecule has 0 unspecified atom stereocenters. The van der Waals surface area contributed by atoms with E-state index in [1.807, 2.05) is 29.6 Å². The number of methoxy groups -OCH3 is 1. The largest absolute Gasteiger partial charge is 0.465 e. The van der Waals surface area contributed by atoms with Crippen LogP contribution >= 0.6 is 34.5 Å². The Hall–Kier alpha value is -2.34. The summed E-state index contributed by atoms with van der Waals surface area (Å²) in [5, 5.41) is 5.67. The Morgan fingerprint density at radius 3 is 2.39 bits per heavy atom. The maximum absolute atomic E-state index is 12.6. The summed E-state index contributed by atoms with van der Waals surface area (Å²) in [6.45, 7) is 2.08. The molecule has 144 valence electrons. The maximum atomic E-state index is 12.6. The second kappa shape index (κ2) is 8.78. The summed E-state index contributed by atoms with van der Waals surface area (Å²) in [6.07, 6.45) is 0.929. The van der Waals surface area contributed by atoms with Gasteiger partial charge in [-0.3, -0.25) is 4.79 Å². The molecule has 3 rings (SSSR count). The number of rotatable bonds is 5. The molecule has 4 nitrogen and oxygen atoms in total. The van der Waals surface area contributed by atoms with Crippen LogP contribution in [0.25, 0.3) is 11.1 Å². The number of hydrogen-bond acceptors (Lipinski definition) is 4. The number of benzene rings is 2. The fourth-order valence-corrected chi connectivity index (χ4v) is 3.95. The molecular weight excluding hydrogens is 417 g/mol. The van der Waals surface area contributed by atoms with E-state index in [2.05, 4.69) is 12.2 Å². The highest BCUT2D eigenvalue weighted by Crippen LogP contribution is 2.36. The number of carbonyl (C=O) groups is 2. The summed E-state index contributed by atoms with van der Waals surface area (Å²) in [4.78, 5) is 25.0. The topological polar surface area (TPSA) is 55.4 Å². The second-order valence-corrected chi connectivity index (χ2v) is 7.67. The molecule has 0 fully saturated rings. The molecule has 3 aromatic rings. The number of anilines is 1. The van der Waals surface area contributed by atoms with Crippen LogP contribution in [-0.4, -0.2) is 19.0 Å². The van der Waals surface area contributed by atoms with Gasteiger partial charge < -0.3 is 10.1 Å². The Bertz CT molecular complexity index is 1030. The van der Waals surface area contributed by atoms with E-state index in [9.17, 15) is 9.59 Å². The van der Waals surface area contributed by atoms with Gasteiger partial charge >= 0.3 is 5.97 Å². The molecule has 0 saturated heterocycles. The van der Waals surface area contributed by atoms with Gasteiger partial charge in [0, 0.05) is 16.5 Å². The van der Waals surface area contributed by atoms with Gasteiger partial charge in [0.2, 0.25) is 0 Å². The summed E-state index contributed by atoms with van der Waals surface area (Å²) >= 11 is 13.2. The van der Waals surface area contributed by atoms with Gasteiger partial charge in [-0.05, 0) is 35.7 Å². The minimum absolute atomic E-state index is 0.283. The zero-order chi connectivity index (χ0) is 20.3. The van der Waals surface area contributed by atoms with Crippen LogP contribution in [0.1, 0.15) is 33.2 Å². The highest BCUT2D eigenvalue weighted by molar-refractivity contribution is 7.15. The molecule has 0 bridgehead atoms. The fourth-order valence-electron chi connectivity index (χ4n) is 2.70. The zero-order valence-electron chi connectivity index (χ0n) is 15.2. The molecule has 0 atom stereocenters. The van der Waals surface area contributed by atoms with Gasteiger partial charge in [0.15, 0.2) is 0 Å². The predicted octanol–water partition coefficient (Wildman–Crippen LogP) is 6.32. The standard InChI is InChI=1S/C21H17Cl2NO3S/c1-3-12-4-6-13(7-5-12)15-11-28-20(18(15)21(26)27-2)24-19(25)14-8-9-16(22)17(23)10-14/h4-11H,3H2,1-2H3,(H,24,25). The smallest absolute Gasteiger partial charge is 0.341 e. The van der Waals surface area contributed by atoms with Crippen molar-refractivity contribution in [3.05, 3.63) is 74.6 Å². The van der Waals surface area contributed by atoms with Crippen molar-refractivity contribution >= 4 is 51.4 Å². The molecule has 1 amide bonds. The average molecular weight is 434 g/mol. The van der Waals surface area contributed by atoms with Gasteiger partial charge in [-0.25, -0.2) is 4.79 Å². The molecule has 1 N–H and O–H groups in total. The van der Waals surface area contributed by atoms with Crippen LogP contribution in [0.2, 0.25) is 10.0 Å². The average Bonchev–Trinajstić information content (AvgIpc) is 3.12. The molecule has 2 aromatic carbocycles. The number of thiophene rings is 1. The molecule has 28 heavy (non-hydrogen) atoms. The Morgan fingerprint density at radius 1 is 1.07 bits per heavy atom. The normalized spacial score (nSPS) is 10.6. The minimum Gasteiger partial charge on any atom is -0.465 e. The third kappa shape index (κ3) is 4.22. The quantitative estimate of drug-likeness (QED) is 0.478. The van der Waals surface area contributed by atoms with Gasteiger partial charge in [-0.15, -0.1) is 11.3 Å². The lowest BCUT2D eigenvalue weighted by Crippen LogP contribution is -2.14. The van der Waals surface area contributed by atoms with Crippen LogP contribution < -0.4 is 5.32 Å². The van der Waals surface area contributed by atoms with E-state index in [0.29, 0.717) is 26.7 Å². The van der Waals surface area contributed by atoms with Crippen LogP contribution in [0.15, 0.2) is 47.8 Å². The van der Waals surface area contributed by atoms with Crippen molar-refractivity contribution in [1.29, 1.82) is 0 Å². The summed E-state index contributed by atoms with van der Waals surface area (Å²) in [7, 11) is 1.31. The Balaban J connectivity index is 1.96. The van der Waals surface area contributed by atoms with Crippen molar-refractivity contribution in [3.63, 3.8) is 0 Å². The van der Waals surface area contributed by atoms with E-state index in [1.54, 1.807) is 12.1 Å². The van der Waals surface area contributed by atoms with E-state index in [1.165, 1.54) is 30.1 Å². The van der Waals surface area contributed by atoms with Gasteiger partial charge in [0.05, 0.1) is 17.2 Å². The first-order valence-electron chi connectivity index (χ1n) is 8.50. The van der Waals surface area contributed by atoms with Crippen molar-refractivity contribution in [2.75, 3.05) is 12.4 Å². The van der Waals surface area contributed by atoms with Crippen LogP contribution in [0, 0.1) is 0 Å². The van der Waals surface area contributed by atoms with Crippen LogP contribution in [0.5, 0.6) is 0 Å². The van der Waals surface area contributed by atoms with Gasteiger partial charge in [0.1, 0.15) is 10.6 Å². The molecule has 1 heterocycles. The lowest BCUT2D eigenvalue weighted by Gasteiger charge is -2.09. The third-order valence-corrected chi connectivity index (χ3v) is 5.90. The van der Waals surface area contributed by atoms with E-state index in [0.717, 1.165) is 12.0 Å². The second-order valence-electron chi connectivity index (χ2n) is 5.98. The van der Waals surface area contributed by atoms with E-state index in [4.69, 9.17) is 27.9 Å². The highest BCUT2D eigenvalue weighted by atomic mass is 35.5. The van der Waals surface area contributed by atoms with Gasteiger partial charge in [0.25, 0.3) is 5.91 Å². The molecule has 0 aliphatic heterocycles. The zero-order valence-corrected chi connectivity index (χ0v) is 17.5. The van der Waals surface area contributed by atoms with Crippen molar-refractivity contribution in [3.8, 4) is 11.1 Å². The van der Waals surface area contributed by atoms with Crippen molar-refractivity contribution in [2.24, 2.45) is 0 Å². The van der Waals surface area contributed by atoms with Crippen molar-refractivity contribution in [1.82, 2.24) is 0 Å². The van der Waals surface area contributed by atoms with E-state index >= 15 is 0 Å². The number of nitrogens with one attached hydrogen (secondary N) is 1. The number of carbonyl (C=O) groups excluding carboxylic acids is 2. The van der Waals surface area contributed by atoms with Crippen molar-refractivity contribution in [2.45, 2.75) is 13.3 Å². The number of hydrogen-bond donors (Lipinski definition) is 1. The monoisotopic (exact) mass is 433 g/mol. The van der Waals surface area contributed by atoms with E-state index < -0.39 is 11.9 Å². The molecule has 0 aliphatic rings. The van der Waals surface area contributed by atoms with Crippen LogP contribution in [-0.2, 0) is 11.2 Å². The van der Waals surface area contributed by atoms with Gasteiger partial charge in [-0.1, -0.05) is 54.4 Å². The first-order chi connectivity index (χ1) is 13.4. The number of halogens is 2. The lowest BCUT2D eigenvalue weighted by molar-refractivity contribution is 0.0603. The van der Waals surface area contributed by atoms with Gasteiger partial charge in [-0.2, -0.15) is 0 Å². The molecule has 0 radical (unpaired) electrons. The van der Waals surface area contributed by atoms with Crippen molar-refractivity contribution < 1.29 is 14.3 Å². The molecule has 0 saturated carbocycles. The number of ether oxygens (including phenoxy) is 1. The first-order valence-corrected chi connectivity index (χ1v) is 10.1. The van der Waals surface area contributed by atoms with Crippen LogP contribution in [0.4, 0.5) is 5.00 Å². The lowest BCUT2D eigenvalue weighted by atomic mass is 10.0. The van der Waals surface area contributed by atoms with E-state index in [-0.39, 0.29) is 5.02 Å².